The Morgan fingerprint density at radius 2 is 1.76 bits per heavy atom. The number of nitro groups is 1. The van der Waals surface area contributed by atoms with Crippen LogP contribution >= 0.6 is 0 Å². The van der Waals surface area contributed by atoms with Crippen LogP contribution in [0.2, 0.25) is 0 Å². The number of hydrogen-bond acceptors (Lipinski definition) is 5. The molecule has 1 atom stereocenters. The highest BCUT2D eigenvalue weighted by atomic mass is 16.7. The van der Waals surface area contributed by atoms with Gasteiger partial charge in [-0.15, -0.1) is 0 Å². The summed E-state index contributed by atoms with van der Waals surface area (Å²) in [4.78, 5) is 27.9. The number of rotatable bonds is 7. The average Bonchev–Trinajstić information content (AvgIpc) is 2.53. The van der Waals surface area contributed by atoms with E-state index in [1.807, 2.05) is 5.06 Å². The Morgan fingerprint density at radius 1 is 1.20 bits per heavy atom. The van der Waals surface area contributed by atoms with Crippen molar-refractivity contribution in [3.63, 3.8) is 0 Å². The van der Waals surface area contributed by atoms with E-state index in [1.165, 1.54) is 12.1 Å². The summed E-state index contributed by atoms with van der Waals surface area (Å²) in [7, 11) is 0. The van der Waals surface area contributed by atoms with E-state index >= 15 is 0 Å². The summed E-state index contributed by atoms with van der Waals surface area (Å²) in [5.41, 5.74) is 0.800. The fraction of sp³-hybridized carbons (Fsp3) is 0.632. The van der Waals surface area contributed by atoms with Crippen LogP contribution in [0.3, 0.4) is 0 Å². The van der Waals surface area contributed by atoms with Gasteiger partial charge in [0.15, 0.2) is 6.29 Å². The van der Waals surface area contributed by atoms with Crippen molar-refractivity contribution < 1.29 is 14.6 Å². The maximum Gasteiger partial charge on any atom is 0.269 e. The van der Waals surface area contributed by atoms with Crippen molar-refractivity contribution in [3.05, 3.63) is 39.9 Å². The second-order valence-electron chi connectivity index (χ2n) is 8.01. The first-order valence-corrected chi connectivity index (χ1v) is 8.81. The average molecular weight is 348 g/mol. The van der Waals surface area contributed by atoms with Crippen LogP contribution in [0.25, 0.3) is 0 Å². The van der Waals surface area contributed by atoms with E-state index < -0.39 is 11.0 Å². The molecule has 0 bridgehead atoms. The molecule has 0 amide bonds. The molecule has 1 aromatic rings. The first-order chi connectivity index (χ1) is 11.7. The lowest BCUT2D eigenvalue weighted by Gasteiger charge is -2.52. The topological polar surface area (TPSA) is 72.7 Å². The van der Waals surface area contributed by atoms with Crippen molar-refractivity contribution in [1.29, 1.82) is 0 Å². The molecule has 0 radical (unpaired) electrons. The highest BCUT2D eigenvalue weighted by molar-refractivity contribution is 5.56. The molecular formula is C19H28N2O4. The maximum absolute atomic E-state index is 11.5. The molecule has 0 N–H and O–H groups in total. The number of aryl methyl sites for hydroxylation is 1. The number of piperidine rings is 1. The number of nitro benzene ring substituents is 1. The summed E-state index contributed by atoms with van der Waals surface area (Å²) in [6.07, 6.45) is 4.72. The van der Waals surface area contributed by atoms with Crippen molar-refractivity contribution in [1.82, 2.24) is 5.06 Å². The van der Waals surface area contributed by atoms with E-state index in [4.69, 9.17) is 4.84 Å². The Hall–Kier alpha value is -1.79. The monoisotopic (exact) mass is 348 g/mol. The van der Waals surface area contributed by atoms with Gasteiger partial charge in [-0.25, -0.2) is 0 Å². The van der Waals surface area contributed by atoms with Gasteiger partial charge in [0.2, 0.25) is 0 Å². The summed E-state index contributed by atoms with van der Waals surface area (Å²) in [5.74, 6) is 0. The third-order valence-electron chi connectivity index (χ3n) is 4.93. The molecule has 1 saturated heterocycles. The normalized spacial score (nSPS) is 20.8. The van der Waals surface area contributed by atoms with E-state index in [9.17, 15) is 14.9 Å². The highest BCUT2D eigenvalue weighted by Gasteiger charge is 2.43. The molecule has 6 heteroatoms. The van der Waals surface area contributed by atoms with E-state index in [1.54, 1.807) is 12.1 Å². The minimum atomic E-state index is -0.521. The molecule has 1 aromatic carbocycles. The fourth-order valence-corrected chi connectivity index (χ4v) is 3.64. The molecule has 1 aliphatic rings. The van der Waals surface area contributed by atoms with E-state index in [2.05, 4.69) is 27.7 Å². The van der Waals surface area contributed by atoms with E-state index in [-0.39, 0.29) is 16.8 Å². The number of hydroxylamine groups is 2. The molecule has 0 saturated carbocycles. The van der Waals surface area contributed by atoms with E-state index in [0.717, 1.165) is 31.1 Å². The predicted octanol–water partition coefficient (Wildman–Crippen LogP) is 4.07. The number of non-ortho nitro benzene ring substituents is 1. The third kappa shape index (κ3) is 4.86. The Kier molecular flexibility index (Phi) is 5.95. The molecule has 1 fully saturated rings. The minimum Gasteiger partial charge on any atom is -0.300 e. The van der Waals surface area contributed by atoms with Crippen molar-refractivity contribution in [2.75, 3.05) is 0 Å². The van der Waals surface area contributed by atoms with Crippen molar-refractivity contribution >= 4 is 12.0 Å². The van der Waals surface area contributed by atoms with Gasteiger partial charge < -0.3 is 4.79 Å². The Balaban J connectivity index is 1.99. The van der Waals surface area contributed by atoms with Crippen molar-refractivity contribution in [2.45, 2.75) is 77.0 Å². The fourth-order valence-electron chi connectivity index (χ4n) is 3.64. The summed E-state index contributed by atoms with van der Waals surface area (Å²) in [5, 5.41) is 12.7. The molecule has 0 spiro atoms. The standard InChI is InChI=1S/C19H28N2O4/c1-18(2)12-5-13-19(3,4)21(18)25-17(14-22)11-8-15-6-9-16(10-7-15)20(23)24/h6-7,9-10,14,17H,5,8,11-13H2,1-4H3/t17-/m0/s1. The molecule has 25 heavy (non-hydrogen) atoms. The van der Waals surface area contributed by atoms with Crippen LogP contribution in [0.15, 0.2) is 24.3 Å². The second-order valence-corrected chi connectivity index (χ2v) is 8.01. The molecule has 1 aliphatic heterocycles. The molecule has 2 rings (SSSR count). The molecule has 0 unspecified atom stereocenters. The van der Waals surface area contributed by atoms with Gasteiger partial charge in [0.25, 0.3) is 5.69 Å². The van der Waals surface area contributed by atoms with Gasteiger partial charge in [-0.3, -0.25) is 15.0 Å². The van der Waals surface area contributed by atoms with Crippen molar-refractivity contribution in [3.8, 4) is 0 Å². The first kappa shape index (κ1) is 19.5. The van der Waals surface area contributed by atoms with Gasteiger partial charge in [-0.2, -0.15) is 5.06 Å². The zero-order chi connectivity index (χ0) is 18.7. The van der Waals surface area contributed by atoms with Crippen molar-refractivity contribution in [2.24, 2.45) is 0 Å². The predicted molar refractivity (Wildman–Crippen MR) is 96.2 cm³/mol. The zero-order valence-corrected chi connectivity index (χ0v) is 15.5. The lowest BCUT2D eigenvalue weighted by molar-refractivity contribution is -0.384. The molecule has 0 aromatic heterocycles. The molecule has 1 heterocycles. The van der Waals surface area contributed by atoms with Crippen LogP contribution in [0.4, 0.5) is 5.69 Å². The van der Waals surface area contributed by atoms with Crippen LogP contribution in [0, 0.1) is 10.1 Å². The third-order valence-corrected chi connectivity index (χ3v) is 4.93. The second kappa shape index (κ2) is 7.62. The molecular weight excluding hydrogens is 320 g/mol. The molecule has 0 aliphatic carbocycles. The minimum absolute atomic E-state index is 0.0729. The number of nitrogens with zero attached hydrogens (tertiary/aromatic N) is 2. The zero-order valence-electron chi connectivity index (χ0n) is 15.5. The quantitative estimate of drug-likeness (QED) is 0.422. The van der Waals surface area contributed by atoms with Crippen LogP contribution in [-0.4, -0.2) is 33.5 Å². The van der Waals surface area contributed by atoms with E-state index in [0.29, 0.717) is 12.8 Å². The van der Waals surface area contributed by atoms with Gasteiger partial charge >= 0.3 is 0 Å². The first-order valence-electron chi connectivity index (χ1n) is 8.81. The number of carbonyl (C=O) groups excluding carboxylic acids is 1. The van der Waals surface area contributed by atoms with Crippen LogP contribution < -0.4 is 0 Å². The van der Waals surface area contributed by atoms with Crippen LogP contribution in [0.5, 0.6) is 0 Å². The maximum atomic E-state index is 11.5. The Labute approximate surface area is 149 Å². The van der Waals surface area contributed by atoms with Crippen LogP contribution in [-0.2, 0) is 16.1 Å². The highest BCUT2D eigenvalue weighted by Crippen LogP contribution is 2.38. The van der Waals surface area contributed by atoms with Gasteiger partial charge in [0.1, 0.15) is 6.10 Å². The summed E-state index contributed by atoms with van der Waals surface area (Å²) < 4.78 is 0. The molecule has 6 nitrogen and oxygen atoms in total. The lowest BCUT2D eigenvalue weighted by atomic mass is 9.82. The summed E-state index contributed by atoms with van der Waals surface area (Å²) in [6, 6.07) is 6.44. The SMILES string of the molecule is CC1(C)CCCC(C)(C)N1O[C@H](C=O)CCc1ccc([N+](=O)[O-])cc1. The van der Waals surface area contributed by atoms with Gasteiger partial charge in [0, 0.05) is 23.2 Å². The number of carbonyl (C=O) groups is 1. The number of hydrogen-bond donors (Lipinski definition) is 0. The lowest BCUT2D eigenvalue weighted by Crippen LogP contribution is -2.59. The Bertz CT molecular complexity index is 594. The van der Waals surface area contributed by atoms with Gasteiger partial charge in [-0.05, 0) is 65.4 Å². The largest absolute Gasteiger partial charge is 0.300 e. The Morgan fingerprint density at radius 3 is 2.24 bits per heavy atom. The number of aldehydes is 1. The number of benzene rings is 1. The van der Waals surface area contributed by atoms with Gasteiger partial charge in [-0.1, -0.05) is 12.1 Å². The van der Waals surface area contributed by atoms with Gasteiger partial charge in [0.05, 0.1) is 4.92 Å². The summed E-state index contributed by atoms with van der Waals surface area (Å²) in [6.45, 7) is 8.58. The molecule has 138 valence electrons. The van der Waals surface area contributed by atoms with Crippen LogP contribution in [0.1, 0.15) is 58.9 Å². The summed E-state index contributed by atoms with van der Waals surface area (Å²) >= 11 is 0. The smallest absolute Gasteiger partial charge is 0.269 e.